The second kappa shape index (κ2) is 5.80. The van der Waals surface area contributed by atoms with Gasteiger partial charge in [0.25, 0.3) is 0 Å². The van der Waals surface area contributed by atoms with Gasteiger partial charge in [-0.1, -0.05) is 18.2 Å². The molecule has 0 radical (unpaired) electrons. The number of nitrogens with one attached hydrogen (secondary N) is 2. The number of piperidine rings is 1. The van der Waals surface area contributed by atoms with Crippen molar-refractivity contribution in [3.8, 4) is 5.75 Å². The number of fused-ring (bicyclic) bond motifs is 1. The molecule has 2 unspecified atom stereocenters. The van der Waals surface area contributed by atoms with E-state index >= 15 is 0 Å². The fourth-order valence-corrected chi connectivity index (χ4v) is 2.89. The lowest BCUT2D eigenvalue weighted by molar-refractivity contribution is -0.120. The number of hydrogen-bond donors (Lipinski definition) is 2. The monoisotopic (exact) mass is 282 g/mol. The number of rotatable bonds is 4. The molecular formula is C14H19ClN2O2. The van der Waals surface area contributed by atoms with Crippen LogP contribution in [0.4, 0.5) is 0 Å². The van der Waals surface area contributed by atoms with E-state index in [-0.39, 0.29) is 18.3 Å². The van der Waals surface area contributed by atoms with Crippen LogP contribution in [0.15, 0.2) is 24.3 Å². The molecule has 2 aliphatic rings. The number of methoxy groups -OCH3 is 1. The highest BCUT2D eigenvalue weighted by atomic mass is 35.5. The minimum Gasteiger partial charge on any atom is -0.496 e. The first kappa shape index (κ1) is 14.2. The molecule has 1 aromatic rings. The van der Waals surface area contributed by atoms with Gasteiger partial charge in [0.2, 0.25) is 5.91 Å². The summed E-state index contributed by atoms with van der Waals surface area (Å²) in [5.74, 6) is 2.20. The summed E-state index contributed by atoms with van der Waals surface area (Å²) in [7, 11) is 1.63. The van der Waals surface area contributed by atoms with Crippen LogP contribution in [0, 0.1) is 11.8 Å². The summed E-state index contributed by atoms with van der Waals surface area (Å²) in [6.45, 7) is 2.09. The van der Waals surface area contributed by atoms with Crippen LogP contribution in [0.25, 0.3) is 0 Å². The summed E-state index contributed by atoms with van der Waals surface area (Å²) in [5.41, 5.74) is 0.946. The molecule has 0 bridgehead atoms. The maximum Gasteiger partial charge on any atom is 0.224 e. The van der Waals surface area contributed by atoms with Crippen LogP contribution in [-0.2, 0) is 11.2 Å². The van der Waals surface area contributed by atoms with Crippen molar-refractivity contribution in [3.05, 3.63) is 29.8 Å². The van der Waals surface area contributed by atoms with Gasteiger partial charge in [-0.05, 0) is 17.9 Å². The zero-order valence-corrected chi connectivity index (χ0v) is 11.7. The Labute approximate surface area is 119 Å². The summed E-state index contributed by atoms with van der Waals surface area (Å²) in [4.78, 5) is 12.0. The SMILES string of the molecule is COc1ccccc1CC(=O)NC1C2CNCC21.Cl. The van der Waals surface area contributed by atoms with Crippen LogP contribution in [0.5, 0.6) is 5.75 Å². The van der Waals surface area contributed by atoms with Crippen molar-refractivity contribution in [2.75, 3.05) is 20.2 Å². The van der Waals surface area contributed by atoms with Gasteiger partial charge in [0.1, 0.15) is 5.75 Å². The fourth-order valence-electron chi connectivity index (χ4n) is 2.89. The van der Waals surface area contributed by atoms with Crippen molar-refractivity contribution in [2.45, 2.75) is 12.5 Å². The first-order valence-electron chi connectivity index (χ1n) is 6.41. The molecular weight excluding hydrogens is 264 g/mol. The molecule has 5 heteroatoms. The van der Waals surface area contributed by atoms with E-state index in [0.29, 0.717) is 24.3 Å². The molecule has 104 valence electrons. The number of halogens is 1. The number of para-hydroxylation sites is 1. The zero-order chi connectivity index (χ0) is 12.5. The minimum absolute atomic E-state index is 0. The Morgan fingerprint density at radius 3 is 2.74 bits per heavy atom. The Kier molecular flexibility index (Phi) is 4.32. The molecule has 3 rings (SSSR count). The summed E-state index contributed by atoms with van der Waals surface area (Å²) in [6.07, 6.45) is 0.396. The topological polar surface area (TPSA) is 50.4 Å². The molecule has 1 aromatic carbocycles. The molecule has 2 N–H and O–H groups in total. The number of carbonyl (C=O) groups excluding carboxylic acids is 1. The minimum atomic E-state index is 0. The van der Waals surface area contributed by atoms with Gasteiger partial charge in [-0.25, -0.2) is 0 Å². The highest BCUT2D eigenvalue weighted by Crippen LogP contribution is 2.41. The normalized spacial score (nSPS) is 27.1. The fraction of sp³-hybridized carbons (Fsp3) is 0.500. The standard InChI is InChI=1S/C14H18N2O2.ClH/c1-18-12-5-3-2-4-9(12)6-13(17)16-14-10-7-15-8-11(10)14;/h2-5,10-11,14-15H,6-8H2,1H3,(H,16,17);1H. The molecule has 1 saturated carbocycles. The first-order valence-corrected chi connectivity index (χ1v) is 6.41. The van der Waals surface area contributed by atoms with E-state index in [1.807, 2.05) is 24.3 Å². The maximum absolute atomic E-state index is 12.0. The van der Waals surface area contributed by atoms with E-state index in [9.17, 15) is 4.79 Å². The summed E-state index contributed by atoms with van der Waals surface area (Å²) >= 11 is 0. The third-order valence-corrected chi connectivity index (χ3v) is 3.96. The molecule has 1 heterocycles. The summed E-state index contributed by atoms with van der Waals surface area (Å²) in [5, 5.41) is 6.44. The number of ether oxygens (including phenoxy) is 1. The lowest BCUT2D eigenvalue weighted by Crippen LogP contribution is -2.33. The molecule has 2 atom stereocenters. The Balaban J connectivity index is 0.00000133. The van der Waals surface area contributed by atoms with Crippen molar-refractivity contribution in [2.24, 2.45) is 11.8 Å². The van der Waals surface area contributed by atoms with Gasteiger partial charge in [-0.2, -0.15) is 0 Å². The third kappa shape index (κ3) is 2.85. The Morgan fingerprint density at radius 2 is 2.05 bits per heavy atom. The lowest BCUT2D eigenvalue weighted by Gasteiger charge is -2.10. The molecule has 2 fully saturated rings. The Morgan fingerprint density at radius 1 is 1.37 bits per heavy atom. The quantitative estimate of drug-likeness (QED) is 0.866. The van der Waals surface area contributed by atoms with Crippen LogP contribution < -0.4 is 15.4 Å². The third-order valence-electron chi connectivity index (χ3n) is 3.96. The Bertz CT molecular complexity index is 457. The van der Waals surface area contributed by atoms with E-state index in [1.54, 1.807) is 7.11 Å². The van der Waals surface area contributed by atoms with E-state index in [0.717, 1.165) is 24.4 Å². The van der Waals surface area contributed by atoms with Gasteiger partial charge in [-0.3, -0.25) is 4.79 Å². The predicted octanol–water partition coefficient (Wildman–Crippen LogP) is 0.993. The van der Waals surface area contributed by atoms with Crippen molar-refractivity contribution >= 4 is 18.3 Å². The highest BCUT2D eigenvalue weighted by Gasteiger charge is 2.53. The van der Waals surface area contributed by atoms with Gasteiger partial charge < -0.3 is 15.4 Å². The molecule has 0 aromatic heterocycles. The molecule has 4 nitrogen and oxygen atoms in total. The maximum atomic E-state index is 12.0. The average Bonchev–Trinajstić information content (AvgIpc) is 2.83. The van der Waals surface area contributed by atoms with Crippen LogP contribution in [0.2, 0.25) is 0 Å². The van der Waals surface area contributed by atoms with Crippen molar-refractivity contribution in [1.29, 1.82) is 0 Å². The summed E-state index contributed by atoms with van der Waals surface area (Å²) < 4.78 is 5.25. The van der Waals surface area contributed by atoms with E-state index < -0.39 is 0 Å². The zero-order valence-electron chi connectivity index (χ0n) is 10.9. The largest absolute Gasteiger partial charge is 0.496 e. The van der Waals surface area contributed by atoms with Gasteiger partial charge in [0, 0.05) is 24.7 Å². The second-order valence-electron chi connectivity index (χ2n) is 5.07. The van der Waals surface area contributed by atoms with E-state index in [4.69, 9.17) is 4.74 Å². The van der Waals surface area contributed by atoms with Crippen LogP contribution in [-0.4, -0.2) is 32.1 Å². The van der Waals surface area contributed by atoms with E-state index in [2.05, 4.69) is 10.6 Å². The van der Waals surface area contributed by atoms with E-state index in [1.165, 1.54) is 0 Å². The predicted molar refractivity (Wildman–Crippen MR) is 75.7 cm³/mol. The number of benzene rings is 1. The number of carbonyl (C=O) groups is 1. The molecule has 1 amide bonds. The average molecular weight is 283 g/mol. The smallest absolute Gasteiger partial charge is 0.224 e. The van der Waals surface area contributed by atoms with Crippen LogP contribution in [0.3, 0.4) is 0 Å². The number of amides is 1. The van der Waals surface area contributed by atoms with Gasteiger partial charge in [0.15, 0.2) is 0 Å². The molecule has 1 saturated heterocycles. The van der Waals surface area contributed by atoms with Gasteiger partial charge in [-0.15, -0.1) is 12.4 Å². The van der Waals surface area contributed by atoms with Crippen LogP contribution >= 0.6 is 12.4 Å². The molecule has 1 aliphatic carbocycles. The molecule has 1 aliphatic heterocycles. The highest BCUT2D eigenvalue weighted by molar-refractivity contribution is 5.85. The second-order valence-corrected chi connectivity index (χ2v) is 5.07. The Hall–Kier alpha value is -1.26. The van der Waals surface area contributed by atoms with Crippen molar-refractivity contribution in [1.82, 2.24) is 10.6 Å². The lowest BCUT2D eigenvalue weighted by atomic mass is 10.1. The molecule has 19 heavy (non-hydrogen) atoms. The number of hydrogen-bond acceptors (Lipinski definition) is 3. The van der Waals surface area contributed by atoms with Gasteiger partial charge >= 0.3 is 0 Å². The van der Waals surface area contributed by atoms with Crippen molar-refractivity contribution in [3.63, 3.8) is 0 Å². The van der Waals surface area contributed by atoms with Crippen molar-refractivity contribution < 1.29 is 9.53 Å². The van der Waals surface area contributed by atoms with Crippen LogP contribution in [0.1, 0.15) is 5.56 Å². The molecule has 0 spiro atoms. The summed E-state index contributed by atoms with van der Waals surface area (Å²) in [6, 6.07) is 8.07. The van der Waals surface area contributed by atoms with Gasteiger partial charge in [0.05, 0.1) is 13.5 Å². The first-order chi connectivity index (χ1) is 8.79.